The number of carbonyl (C=O) groups excluding carboxylic acids is 1. The second kappa shape index (κ2) is 4.61. The van der Waals surface area contributed by atoms with Gasteiger partial charge in [0.2, 0.25) is 0 Å². The zero-order valence-electron chi connectivity index (χ0n) is 6.88. The van der Waals surface area contributed by atoms with Crippen molar-refractivity contribution in [2.75, 3.05) is 6.26 Å². The van der Waals surface area contributed by atoms with E-state index in [1.165, 1.54) is 6.92 Å². The molecule has 60 valence electrons. The zero-order valence-corrected chi connectivity index (χ0v) is 7.70. The van der Waals surface area contributed by atoms with E-state index in [4.69, 9.17) is 4.74 Å². The van der Waals surface area contributed by atoms with Crippen LogP contribution >= 0.6 is 11.8 Å². The molecule has 0 N–H and O–H groups in total. The molecule has 0 aliphatic carbocycles. The molecule has 0 saturated carbocycles. The molecule has 0 aromatic carbocycles. The van der Waals surface area contributed by atoms with Crippen LogP contribution in [0.25, 0.3) is 0 Å². The maximum Gasteiger partial charge on any atom is 0.303 e. The second-order valence-electron chi connectivity index (χ2n) is 2.46. The van der Waals surface area contributed by atoms with Crippen molar-refractivity contribution >= 4 is 17.7 Å². The van der Waals surface area contributed by atoms with E-state index in [9.17, 15) is 4.79 Å². The molecule has 0 amide bonds. The van der Waals surface area contributed by atoms with Crippen molar-refractivity contribution < 1.29 is 9.53 Å². The first-order chi connectivity index (χ1) is 4.57. The van der Waals surface area contributed by atoms with Crippen LogP contribution in [0.2, 0.25) is 0 Å². The van der Waals surface area contributed by atoms with Gasteiger partial charge in [0.15, 0.2) is 0 Å². The normalized spacial score (nSPS) is 13.3. The fraction of sp³-hybridized carbons (Fsp3) is 0.857. The number of esters is 1. The Morgan fingerprint density at radius 1 is 1.50 bits per heavy atom. The third-order valence-electron chi connectivity index (χ3n) is 1.06. The number of thioether (sulfide) groups is 1. The van der Waals surface area contributed by atoms with Crippen LogP contribution in [0, 0.1) is 5.92 Å². The van der Waals surface area contributed by atoms with Gasteiger partial charge in [-0.25, -0.2) is 0 Å². The first-order valence-corrected chi connectivity index (χ1v) is 4.56. The molecule has 0 saturated heterocycles. The largest absolute Gasteiger partial charge is 0.451 e. The molecular weight excluding hydrogens is 148 g/mol. The lowest BCUT2D eigenvalue weighted by Gasteiger charge is -2.17. The van der Waals surface area contributed by atoms with Crippen molar-refractivity contribution in [2.24, 2.45) is 5.92 Å². The Morgan fingerprint density at radius 2 is 2.00 bits per heavy atom. The summed E-state index contributed by atoms with van der Waals surface area (Å²) in [6.45, 7) is 5.50. The van der Waals surface area contributed by atoms with Gasteiger partial charge in [0.1, 0.15) is 5.44 Å². The second-order valence-corrected chi connectivity index (χ2v) is 3.39. The highest BCUT2D eigenvalue weighted by Crippen LogP contribution is 2.17. The Balaban J connectivity index is 3.71. The van der Waals surface area contributed by atoms with Crippen LogP contribution in [0.5, 0.6) is 0 Å². The predicted molar refractivity (Wildman–Crippen MR) is 43.9 cm³/mol. The van der Waals surface area contributed by atoms with Gasteiger partial charge in [-0.2, -0.15) is 0 Å². The van der Waals surface area contributed by atoms with E-state index in [1.54, 1.807) is 11.8 Å². The van der Waals surface area contributed by atoms with E-state index in [0.29, 0.717) is 5.92 Å². The number of hydrogen-bond acceptors (Lipinski definition) is 3. The molecule has 0 heterocycles. The number of ether oxygens (including phenoxy) is 1. The van der Waals surface area contributed by atoms with Gasteiger partial charge in [-0.3, -0.25) is 4.79 Å². The minimum Gasteiger partial charge on any atom is -0.451 e. The summed E-state index contributed by atoms with van der Waals surface area (Å²) < 4.78 is 4.98. The Kier molecular flexibility index (Phi) is 4.52. The van der Waals surface area contributed by atoms with E-state index in [2.05, 4.69) is 0 Å². The van der Waals surface area contributed by atoms with Gasteiger partial charge in [0, 0.05) is 6.92 Å². The van der Waals surface area contributed by atoms with Gasteiger partial charge in [-0.15, -0.1) is 11.8 Å². The Hall–Kier alpha value is -0.180. The van der Waals surface area contributed by atoms with Crippen molar-refractivity contribution in [3.05, 3.63) is 0 Å². The van der Waals surface area contributed by atoms with Gasteiger partial charge in [-0.05, 0) is 12.2 Å². The maximum absolute atomic E-state index is 10.5. The molecule has 0 aliphatic rings. The topological polar surface area (TPSA) is 26.3 Å². The van der Waals surface area contributed by atoms with Crippen LogP contribution in [-0.4, -0.2) is 17.7 Å². The molecule has 1 atom stereocenters. The number of hydrogen-bond donors (Lipinski definition) is 0. The van der Waals surface area contributed by atoms with Crippen LogP contribution < -0.4 is 0 Å². The van der Waals surface area contributed by atoms with Crippen LogP contribution in [0.3, 0.4) is 0 Å². The minimum absolute atomic E-state index is 0.0116. The summed E-state index contributed by atoms with van der Waals surface area (Å²) >= 11 is 1.56. The standard InChI is InChI=1S/C7H14O2S/c1-5(2)7(10-4)9-6(3)8/h5,7H,1-4H3. The lowest BCUT2D eigenvalue weighted by molar-refractivity contribution is -0.143. The average molecular weight is 162 g/mol. The number of carbonyl (C=O) groups is 1. The summed E-state index contributed by atoms with van der Waals surface area (Å²) in [6.07, 6.45) is 1.94. The third kappa shape index (κ3) is 3.77. The molecule has 1 unspecified atom stereocenters. The van der Waals surface area contributed by atoms with Crippen LogP contribution in [-0.2, 0) is 9.53 Å². The van der Waals surface area contributed by atoms with Gasteiger partial charge >= 0.3 is 5.97 Å². The summed E-state index contributed by atoms with van der Waals surface area (Å²) in [4.78, 5) is 10.5. The molecule has 0 radical (unpaired) electrons. The predicted octanol–water partition coefficient (Wildman–Crippen LogP) is 1.89. The lowest BCUT2D eigenvalue weighted by Crippen LogP contribution is -2.17. The molecule has 0 spiro atoms. The molecule has 0 aromatic heterocycles. The summed E-state index contributed by atoms with van der Waals surface area (Å²) in [5, 5.41) is 0. The maximum atomic E-state index is 10.5. The van der Waals surface area contributed by atoms with Gasteiger partial charge < -0.3 is 4.74 Å². The molecule has 2 nitrogen and oxygen atoms in total. The average Bonchev–Trinajstić information content (AvgIpc) is 1.81. The highest BCUT2D eigenvalue weighted by atomic mass is 32.2. The fourth-order valence-electron chi connectivity index (χ4n) is 0.620. The summed E-state index contributed by atoms with van der Waals surface area (Å²) in [5.41, 5.74) is 0.0116. The van der Waals surface area contributed by atoms with Crippen LogP contribution in [0.15, 0.2) is 0 Å². The molecule has 0 aromatic rings. The molecule has 0 bridgehead atoms. The van der Waals surface area contributed by atoms with Gasteiger partial charge in [0.25, 0.3) is 0 Å². The quantitative estimate of drug-likeness (QED) is 0.468. The van der Waals surface area contributed by atoms with Crippen molar-refractivity contribution in [2.45, 2.75) is 26.2 Å². The highest BCUT2D eigenvalue weighted by Gasteiger charge is 2.13. The van der Waals surface area contributed by atoms with Crippen LogP contribution in [0.4, 0.5) is 0 Å². The Labute approximate surface area is 66.3 Å². The summed E-state index contributed by atoms with van der Waals surface area (Å²) in [6, 6.07) is 0. The molecule has 10 heavy (non-hydrogen) atoms. The van der Waals surface area contributed by atoms with Gasteiger partial charge in [-0.1, -0.05) is 13.8 Å². The van der Waals surface area contributed by atoms with Crippen molar-refractivity contribution in [1.82, 2.24) is 0 Å². The van der Waals surface area contributed by atoms with Crippen molar-refractivity contribution in [3.8, 4) is 0 Å². The van der Waals surface area contributed by atoms with E-state index >= 15 is 0 Å². The van der Waals surface area contributed by atoms with Crippen molar-refractivity contribution in [1.29, 1.82) is 0 Å². The first-order valence-electron chi connectivity index (χ1n) is 3.28. The molecule has 0 fully saturated rings. The highest BCUT2D eigenvalue weighted by molar-refractivity contribution is 7.99. The van der Waals surface area contributed by atoms with Crippen LogP contribution in [0.1, 0.15) is 20.8 Å². The summed E-state index contributed by atoms with van der Waals surface area (Å²) in [7, 11) is 0. The molecule has 0 rings (SSSR count). The SMILES string of the molecule is CSC(OC(C)=O)C(C)C. The lowest BCUT2D eigenvalue weighted by atomic mass is 10.2. The van der Waals surface area contributed by atoms with E-state index in [0.717, 1.165) is 0 Å². The molecular formula is C7H14O2S. The van der Waals surface area contributed by atoms with E-state index in [-0.39, 0.29) is 11.4 Å². The molecule has 3 heteroatoms. The molecule has 0 aliphatic heterocycles. The van der Waals surface area contributed by atoms with Crippen molar-refractivity contribution in [3.63, 3.8) is 0 Å². The monoisotopic (exact) mass is 162 g/mol. The first kappa shape index (κ1) is 9.82. The fourth-order valence-corrected chi connectivity index (χ4v) is 1.40. The summed E-state index contributed by atoms with van der Waals surface area (Å²) in [5.74, 6) is 0.187. The zero-order chi connectivity index (χ0) is 8.15. The number of rotatable bonds is 3. The van der Waals surface area contributed by atoms with E-state index < -0.39 is 0 Å². The van der Waals surface area contributed by atoms with Gasteiger partial charge in [0.05, 0.1) is 0 Å². The van der Waals surface area contributed by atoms with E-state index in [1.807, 2.05) is 20.1 Å². The third-order valence-corrected chi connectivity index (χ3v) is 2.16. The smallest absolute Gasteiger partial charge is 0.303 e. The Morgan fingerprint density at radius 3 is 2.10 bits per heavy atom. The Bertz CT molecular complexity index is 112. The minimum atomic E-state index is -0.201.